The van der Waals surface area contributed by atoms with Gasteiger partial charge in [-0.05, 0) is 61.2 Å². The second kappa shape index (κ2) is 8.43. The molecule has 0 bridgehead atoms. The summed E-state index contributed by atoms with van der Waals surface area (Å²) in [7, 11) is 1.74. The Kier molecular flexibility index (Phi) is 6.01. The smallest absolute Gasteiger partial charge is 0.335 e. The number of benzene rings is 2. The molecule has 2 aromatic rings. The minimum Gasteiger partial charge on any atom is -0.478 e. The quantitative estimate of drug-likeness (QED) is 0.855. The van der Waals surface area contributed by atoms with Gasteiger partial charge in [0.1, 0.15) is 5.82 Å². The second-order valence-electron chi connectivity index (χ2n) is 6.79. The van der Waals surface area contributed by atoms with Gasteiger partial charge in [0.25, 0.3) is 0 Å². The van der Waals surface area contributed by atoms with Gasteiger partial charge in [-0.25, -0.2) is 9.18 Å². The van der Waals surface area contributed by atoms with Crippen molar-refractivity contribution in [2.45, 2.75) is 38.0 Å². The average molecular weight is 357 g/mol. The van der Waals surface area contributed by atoms with Crippen molar-refractivity contribution >= 4 is 5.97 Å². The van der Waals surface area contributed by atoms with E-state index >= 15 is 0 Å². The van der Waals surface area contributed by atoms with Crippen LogP contribution in [0.15, 0.2) is 48.5 Å². The summed E-state index contributed by atoms with van der Waals surface area (Å²) in [5.74, 6) is -1.14. The van der Waals surface area contributed by atoms with Crippen LogP contribution in [0.2, 0.25) is 0 Å². The van der Waals surface area contributed by atoms with Crippen molar-refractivity contribution in [2.75, 3.05) is 13.7 Å². The van der Waals surface area contributed by atoms with Crippen molar-refractivity contribution in [3.05, 3.63) is 71.0 Å². The zero-order valence-corrected chi connectivity index (χ0v) is 14.9. The Morgan fingerprint density at radius 1 is 1.15 bits per heavy atom. The molecular weight excluding hydrogens is 333 g/mol. The summed E-state index contributed by atoms with van der Waals surface area (Å²) < 4.78 is 18.9. The number of hydrogen-bond donors (Lipinski definition) is 1. The summed E-state index contributed by atoms with van der Waals surface area (Å²) in [4.78, 5) is 13.4. The van der Waals surface area contributed by atoms with Crippen LogP contribution in [0.25, 0.3) is 0 Å². The highest BCUT2D eigenvalue weighted by Crippen LogP contribution is 2.25. The molecule has 0 unspecified atom stereocenters. The molecule has 2 aromatic carbocycles. The van der Waals surface area contributed by atoms with Gasteiger partial charge in [-0.1, -0.05) is 24.3 Å². The van der Waals surface area contributed by atoms with Crippen LogP contribution < -0.4 is 0 Å². The van der Waals surface area contributed by atoms with Gasteiger partial charge in [0.05, 0.1) is 11.7 Å². The summed E-state index contributed by atoms with van der Waals surface area (Å²) in [6.07, 6.45) is 3.00. The highest BCUT2D eigenvalue weighted by atomic mass is 19.1. The van der Waals surface area contributed by atoms with Crippen molar-refractivity contribution in [3.8, 4) is 0 Å². The molecule has 0 radical (unpaired) electrons. The molecule has 0 aromatic heterocycles. The van der Waals surface area contributed by atoms with E-state index in [9.17, 15) is 9.18 Å². The number of carbonyl (C=O) groups is 1. The Balaban J connectivity index is 1.75. The van der Waals surface area contributed by atoms with E-state index in [0.717, 1.165) is 43.5 Å². The van der Waals surface area contributed by atoms with E-state index in [0.29, 0.717) is 5.56 Å². The van der Waals surface area contributed by atoms with E-state index < -0.39 is 5.97 Å². The lowest BCUT2D eigenvalue weighted by Crippen LogP contribution is -2.49. The molecule has 1 saturated heterocycles. The topological polar surface area (TPSA) is 49.8 Å². The molecule has 0 aliphatic carbocycles. The zero-order chi connectivity index (χ0) is 18.5. The Morgan fingerprint density at radius 3 is 2.42 bits per heavy atom. The van der Waals surface area contributed by atoms with Crippen LogP contribution in [0.1, 0.15) is 34.3 Å². The molecule has 1 heterocycles. The summed E-state index contributed by atoms with van der Waals surface area (Å²) in [5.41, 5.74) is 2.47. The van der Waals surface area contributed by atoms with Crippen molar-refractivity contribution < 1.29 is 19.0 Å². The van der Waals surface area contributed by atoms with Crippen molar-refractivity contribution in [2.24, 2.45) is 0 Å². The molecule has 138 valence electrons. The third-order valence-corrected chi connectivity index (χ3v) is 5.08. The maximum absolute atomic E-state index is 13.2. The number of ether oxygens (including phenoxy) is 1. The minimum absolute atomic E-state index is 0.132. The van der Waals surface area contributed by atoms with E-state index in [-0.39, 0.29) is 18.0 Å². The van der Waals surface area contributed by atoms with Crippen LogP contribution in [0.3, 0.4) is 0 Å². The standard InChI is InChI=1S/C21H24FNO3/c1-26-20-3-2-12-23(14-16-4-8-17(9-5-16)21(24)25)19(20)13-15-6-10-18(22)11-7-15/h4-11,19-20H,2-3,12-14H2,1H3,(H,24,25)/t19-,20-/m0/s1. The molecule has 26 heavy (non-hydrogen) atoms. The van der Waals surface area contributed by atoms with Crippen LogP contribution >= 0.6 is 0 Å². The lowest BCUT2D eigenvalue weighted by molar-refractivity contribution is -0.0218. The Bertz CT molecular complexity index is 730. The van der Waals surface area contributed by atoms with Crippen LogP contribution in [-0.4, -0.2) is 41.8 Å². The molecule has 0 spiro atoms. The first-order valence-corrected chi connectivity index (χ1v) is 8.90. The lowest BCUT2D eigenvalue weighted by Gasteiger charge is -2.41. The van der Waals surface area contributed by atoms with Gasteiger partial charge < -0.3 is 9.84 Å². The van der Waals surface area contributed by atoms with Crippen LogP contribution in [0, 0.1) is 5.82 Å². The third kappa shape index (κ3) is 4.48. The predicted octanol–water partition coefficient (Wildman–Crippen LogP) is 3.75. The van der Waals surface area contributed by atoms with E-state index in [1.54, 1.807) is 19.2 Å². The zero-order valence-electron chi connectivity index (χ0n) is 14.9. The van der Waals surface area contributed by atoms with Gasteiger partial charge >= 0.3 is 5.97 Å². The first-order chi connectivity index (χ1) is 12.6. The number of piperidine rings is 1. The Hall–Kier alpha value is -2.24. The number of halogens is 1. The molecule has 1 fully saturated rings. The highest BCUT2D eigenvalue weighted by molar-refractivity contribution is 5.87. The number of nitrogens with zero attached hydrogens (tertiary/aromatic N) is 1. The number of aromatic carboxylic acids is 1. The Morgan fingerprint density at radius 2 is 1.81 bits per heavy atom. The van der Waals surface area contributed by atoms with Gasteiger partial charge in [-0.15, -0.1) is 0 Å². The van der Waals surface area contributed by atoms with E-state index in [2.05, 4.69) is 4.90 Å². The first kappa shape index (κ1) is 18.5. The molecule has 0 saturated carbocycles. The SMILES string of the molecule is CO[C@H]1CCCN(Cc2ccc(C(=O)O)cc2)[C@H]1Cc1ccc(F)cc1. The Labute approximate surface area is 153 Å². The monoisotopic (exact) mass is 357 g/mol. The predicted molar refractivity (Wildman–Crippen MR) is 97.7 cm³/mol. The normalized spacial score (nSPS) is 20.8. The summed E-state index contributed by atoms with van der Waals surface area (Å²) in [5, 5.41) is 9.04. The van der Waals surface area contributed by atoms with E-state index in [1.165, 1.54) is 12.1 Å². The van der Waals surface area contributed by atoms with Gasteiger partial charge in [-0.2, -0.15) is 0 Å². The molecule has 4 nitrogen and oxygen atoms in total. The van der Waals surface area contributed by atoms with E-state index in [1.807, 2.05) is 24.3 Å². The number of hydrogen-bond acceptors (Lipinski definition) is 3. The lowest BCUT2D eigenvalue weighted by atomic mass is 9.92. The van der Waals surface area contributed by atoms with Gasteiger partial charge in [0.2, 0.25) is 0 Å². The molecule has 1 aliphatic rings. The fraction of sp³-hybridized carbons (Fsp3) is 0.381. The van der Waals surface area contributed by atoms with Gasteiger partial charge in [0, 0.05) is 19.7 Å². The fourth-order valence-electron chi connectivity index (χ4n) is 3.67. The van der Waals surface area contributed by atoms with Crippen LogP contribution in [0.4, 0.5) is 4.39 Å². The summed E-state index contributed by atoms with van der Waals surface area (Å²) in [6, 6.07) is 13.9. The first-order valence-electron chi connectivity index (χ1n) is 8.90. The second-order valence-corrected chi connectivity index (χ2v) is 6.79. The van der Waals surface area contributed by atoms with E-state index in [4.69, 9.17) is 9.84 Å². The maximum atomic E-state index is 13.2. The third-order valence-electron chi connectivity index (χ3n) is 5.08. The molecule has 1 aliphatic heterocycles. The van der Waals surface area contributed by atoms with Crippen molar-refractivity contribution in [1.82, 2.24) is 4.90 Å². The number of carboxylic acids is 1. The minimum atomic E-state index is -0.914. The number of rotatable bonds is 6. The number of carboxylic acid groups (broad SMARTS) is 1. The largest absolute Gasteiger partial charge is 0.478 e. The summed E-state index contributed by atoms with van der Waals surface area (Å²) in [6.45, 7) is 1.71. The van der Waals surface area contributed by atoms with Crippen molar-refractivity contribution in [1.29, 1.82) is 0 Å². The van der Waals surface area contributed by atoms with Gasteiger partial charge in [0.15, 0.2) is 0 Å². The molecule has 0 amide bonds. The molecule has 3 rings (SSSR count). The fourth-order valence-corrected chi connectivity index (χ4v) is 3.67. The molecule has 1 N–H and O–H groups in total. The summed E-state index contributed by atoms with van der Waals surface area (Å²) >= 11 is 0. The molecule has 5 heteroatoms. The molecule has 2 atom stereocenters. The van der Waals surface area contributed by atoms with Crippen LogP contribution in [-0.2, 0) is 17.7 Å². The average Bonchev–Trinajstić information content (AvgIpc) is 2.65. The van der Waals surface area contributed by atoms with Gasteiger partial charge in [-0.3, -0.25) is 4.90 Å². The molecular formula is C21H24FNO3. The number of likely N-dealkylation sites (tertiary alicyclic amines) is 1. The van der Waals surface area contributed by atoms with Crippen molar-refractivity contribution in [3.63, 3.8) is 0 Å². The maximum Gasteiger partial charge on any atom is 0.335 e. The highest BCUT2D eigenvalue weighted by Gasteiger charge is 2.31. The van der Waals surface area contributed by atoms with Crippen LogP contribution in [0.5, 0.6) is 0 Å². The number of methoxy groups -OCH3 is 1.